The van der Waals surface area contributed by atoms with Crippen LogP contribution in [0.25, 0.3) is 0 Å². The number of hydrogen-bond acceptors (Lipinski definition) is 3. The van der Waals surface area contributed by atoms with E-state index < -0.39 is 9.05 Å². The molecular formula is C13H16BrClO3S. The van der Waals surface area contributed by atoms with Gasteiger partial charge in [-0.1, -0.05) is 28.8 Å². The summed E-state index contributed by atoms with van der Waals surface area (Å²) in [6, 6.07) is 7.52. The Morgan fingerprint density at radius 2 is 1.79 bits per heavy atom. The maximum atomic E-state index is 11.4. The van der Waals surface area contributed by atoms with Crippen molar-refractivity contribution in [3.63, 3.8) is 0 Å². The Kier molecular flexibility index (Phi) is 4.79. The zero-order chi connectivity index (χ0) is 13.9. The smallest absolute Gasteiger partial charge is 0.233 e. The van der Waals surface area contributed by atoms with E-state index in [9.17, 15) is 8.42 Å². The van der Waals surface area contributed by atoms with E-state index in [0.717, 1.165) is 35.9 Å². The molecule has 0 unspecified atom stereocenters. The first-order chi connectivity index (χ1) is 8.89. The second-order valence-electron chi connectivity index (χ2n) is 5.13. The standard InChI is InChI=1S/C13H16BrClO3S/c14-11-3-5-12(6-4-11)18-9-13(7-1-2-8-13)10-19(15,16)17/h3-6H,1-2,7-10H2. The maximum Gasteiger partial charge on any atom is 0.233 e. The van der Waals surface area contributed by atoms with Crippen LogP contribution in [0.15, 0.2) is 28.7 Å². The predicted octanol–water partition coefficient (Wildman–Crippen LogP) is 3.96. The van der Waals surface area contributed by atoms with Gasteiger partial charge in [0.15, 0.2) is 0 Å². The summed E-state index contributed by atoms with van der Waals surface area (Å²) in [6.07, 6.45) is 3.79. The Morgan fingerprint density at radius 3 is 2.32 bits per heavy atom. The first kappa shape index (κ1) is 15.1. The van der Waals surface area contributed by atoms with Gasteiger partial charge in [0.1, 0.15) is 5.75 Å². The lowest BCUT2D eigenvalue weighted by atomic mass is 9.90. The molecule has 1 fully saturated rings. The summed E-state index contributed by atoms with van der Waals surface area (Å²) in [5, 5.41) is 0. The fraction of sp³-hybridized carbons (Fsp3) is 0.538. The zero-order valence-electron chi connectivity index (χ0n) is 10.4. The van der Waals surface area contributed by atoms with Gasteiger partial charge < -0.3 is 4.74 Å². The van der Waals surface area contributed by atoms with Gasteiger partial charge in [-0.05, 0) is 37.1 Å². The van der Waals surface area contributed by atoms with Gasteiger partial charge >= 0.3 is 0 Å². The van der Waals surface area contributed by atoms with Crippen LogP contribution in [-0.2, 0) is 9.05 Å². The van der Waals surface area contributed by atoms with Gasteiger partial charge in [0.25, 0.3) is 0 Å². The highest BCUT2D eigenvalue weighted by atomic mass is 79.9. The van der Waals surface area contributed by atoms with Crippen LogP contribution in [0, 0.1) is 5.41 Å². The second-order valence-corrected chi connectivity index (χ2v) is 8.83. The fourth-order valence-corrected chi connectivity index (χ4v) is 4.65. The fourth-order valence-electron chi connectivity index (χ4n) is 2.59. The van der Waals surface area contributed by atoms with Gasteiger partial charge in [-0.15, -0.1) is 0 Å². The quantitative estimate of drug-likeness (QED) is 0.740. The van der Waals surface area contributed by atoms with Crippen molar-refractivity contribution in [1.82, 2.24) is 0 Å². The third kappa shape index (κ3) is 4.65. The Hall–Kier alpha value is -0.260. The van der Waals surface area contributed by atoms with Crippen molar-refractivity contribution >= 4 is 35.7 Å². The molecule has 0 amide bonds. The highest BCUT2D eigenvalue weighted by molar-refractivity contribution is 9.10. The third-order valence-corrected chi connectivity index (χ3v) is 5.31. The van der Waals surface area contributed by atoms with Crippen molar-refractivity contribution in [3.8, 4) is 5.75 Å². The summed E-state index contributed by atoms with van der Waals surface area (Å²) in [6.45, 7) is 0.403. The second kappa shape index (κ2) is 6.02. The number of rotatable bonds is 5. The summed E-state index contributed by atoms with van der Waals surface area (Å²) in [5.74, 6) is 0.749. The third-order valence-electron chi connectivity index (χ3n) is 3.50. The molecular weight excluding hydrogens is 352 g/mol. The lowest BCUT2D eigenvalue weighted by Crippen LogP contribution is -2.32. The monoisotopic (exact) mass is 366 g/mol. The molecule has 1 aliphatic carbocycles. The molecule has 0 spiro atoms. The summed E-state index contributed by atoms with van der Waals surface area (Å²) in [4.78, 5) is 0. The van der Waals surface area contributed by atoms with Crippen LogP contribution in [0.3, 0.4) is 0 Å². The Morgan fingerprint density at radius 1 is 1.21 bits per heavy atom. The lowest BCUT2D eigenvalue weighted by molar-refractivity contribution is 0.171. The van der Waals surface area contributed by atoms with E-state index in [1.807, 2.05) is 24.3 Å². The molecule has 6 heteroatoms. The highest BCUT2D eigenvalue weighted by Gasteiger charge is 2.38. The minimum Gasteiger partial charge on any atom is -0.493 e. The van der Waals surface area contributed by atoms with Gasteiger partial charge in [-0.2, -0.15) is 0 Å². The van der Waals surface area contributed by atoms with Crippen molar-refractivity contribution in [2.45, 2.75) is 25.7 Å². The van der Waals surface area contributed by atoms with E-state index in [4.69, 9.17) is 15.4 Å². The van der Waals surface area contributed by atoms with E-state index in [0.29, 0.717) is 6.61 Å². The molecule has 0 bridgehead atoms. The van der Waals surface area contributed by atoms with E-state index in [1.165, 1.54) is 0 Å². The summed E-state index contributed by atoms with van der Waals surface area (Å²) >= 11 is 3.36. The number of benzene rings is 1. The average Bonchev–Trinajstić information content (AvgIpc) is 2.75. The molecule has 0 aliphatic heterocycles. The SMILES string of the molecule is O=S(=O)(Cl)CC1(COc2ccc(Br)cc2)CCCC1. The van der Waals surface area contributed by atoms with Crippen LogP contribution in [0.5, 0.6) is 5.75 Å². The van der Waals surface area contributed by atoms with Crippen molar-refractivity contribution in [3.05, 3.63) is 28.7 Å². The van der Waals surface area contributed by atoms with Gasteiger partial charge in [0, 0.05) is 20.6 Å². The topological polar surface area (TPSA) is 43.4 Å². The molecule has 0 atom stereocenters. The van der Waals surface area contributed by atoms with E-state index in [2.05, 4.69) is 15.9 Å². The Bertz CT molecular complexity index is 521. The minimum absolute atomic E-state index is 0.00190. The normalized spacial score (nSPS) is 18.4. The predicted molar refractivity (Wildman–Crippen MR) is 80.2 cm³/mol. The van der Waals surface area contributed by atoms with Crippen molar-refractivity contribution in [2.24, 2.45) is 5.41 Å². The Balaban J connectivity index is 2.03. The van der Waals surface area contributed by atoms with Crippen LogP contribution in [0.4, 0.5) is 0 Å². The van der Waals surface area contributed by atoms with Crippen molar-refractivity contribution in [2.75, 3.05) is 12.4 Å². The van der Waals surface area contributed by atoms with Crippen LogP contribution < -0.4 is 4.74 Å². The van der Waals surface area contributed by atoms with Crippen molar-refractivity contribution in [1.29, 1.82) is 0 Å². The molecule has 3 nitrogen and oxygen atoms in total. The average molecular weight is 368 g/mol. The molecule has 1 aliphatic rings. The number of ether oxygens (including phenoxy) is 1. The van der Waals surface area contributed by atoms with Gasteiger partial charge in [0.2, 0.25) is 9.05 Å². The Labute approximate surface area is 126 Å². The zero-order valence-corrected chi connectivity index (χ0v) is 13.6. The first-order valence-electron chi connectivity index (χ1n) is 6.19. The van der Waals surface area contributed by atoms with Crippen molar-refractivity contribution < 1.29 is 13.2 Å². The molecule has 0 saturated heterocycles. The lowest BCUT2D eigenvalue weighted by Gasteiger charge is -2.27. The van der Waals surface area contributed by atoms with Crippen LogP contribution in [-0.4, -0.2) is 20.8 Å². The summed E-state index contributed by atoms with van der Waals surface area (Å²) in [7, 11) is 1.92. The molecule has 19 heavy (non-hydrogen) atoms. The largest absolute Gasteiger partial charge is 0.493 e. The van der Waals surface area contributed by atoms with Gasteiger partial charge in [0.05, 0.1) is 12.4 Å². The molecule has 106 valence electrons. The van der Waals surface area contributed by atoms with E-state index in [1.54, 1.807) is 0 Å². The summed E-state index contributed by atoms with van der Waals surface area (Å²) in [5.41, 5.74) is -0.326. The first-order valence-corrected chi connectivity index (χ1v) is 9.47. The minimum atomic E-state index is -3.49. The molecule has 0 aromatic heterocycles. The molecule has 2 rings (SSSR count). The summed E-state index contributed by atoms with van der Waals surface area (Å²) < 4.78 is 29.4. The number of halogens is 2. The molecule has 0 radical (unpaired) electrons. The molecule has 1 aromatic rings. The molecule has 0 N–H and O–H groups in total. The van der Waals surface area contributed by atoms with Crippen LogP contribution in [0.2, 0.25) is 0 Å². The van der Waals surface area contributed by atoms with E-state index in [-0.39, 0.29) is 11.2 Å². The van der Waals surface area contributed by atoms with Gasteiger partial charge in [-0.25, -0.2) is 8.42 Å². The maximum absolute atomic E-state index is 11.4. The molecule has 0 heterocycles. The van der Waals surface area contributed by atoms with Crippen LogP contribution >= 0.6 is 26.6 Å². The highest BCUT2D eigenvalue weighted by Crippen LogP contribution is 2.40. The number of hydrogen-bond donors (Lipinski definition) is 0. The molecule has 1 aromatic carbocycles. The molecule has 1 saturated carbocycles. The van der Waals surface area contributed by atoms with Gasteiger partial charge in [-0.3, -0.25) is 0 Å². The van der Waals surface area contributed by atoms with Crippen LogP contribution in [0.1, 0.15) is 25.7 Å². The van der Waals surface area contributed by atoms with E-state index >= 15 is 0 Å².